The van der Waals surface area contributed by atoms with Crippen LogP contribution in [0.5, 0.6) is 17.2 Å². The first-order chi connectivity index (χ1) is 7.04. The SMILES string of the molecule is CC=Cc1c(O)c(OC)c(Cl)c(O)c1Cl. The number of hydrogen-bond donors (Lipinski definition) is 2. The van der Waals surface area contributed by atoms with Crippen LogP contribution in [-0.4, -0.2) is 17.3 Å². The number of rotatable bonds is 2. The van der Waals surface area contributed by atoms with Crippen molar-refractivity contribution in [2.24, 2.45) is 0 Å². The van der Waals surface area contributed by atoms with Gasteiger partial charge in [-0.2, -0.15) is 0 Å². The van der Waals surface area contributed by atoms with E-state index in [0.29, 0.717) is 0 Å². The molecule has 0 aliphatic heterocycles. The zero-order chi connectivity index (χ0) is 11.6. The van der Waals surface area contributed by atoms with E-state index in [-0.39, 0.29) is 32.9 Å². The molecule has 0 unspecified atom stereocenters. The summed E-state index contributed by atoms with van der Waals surface area (Å²) in [6.07, 6.45) is 3.23. The lowest BCUT2D eigenvalue weighted by molar-refractivity contribution is 0.368. The van der Waals surface area contributed by atoms with Gasteiger partial charge in [-0.25, -0.2) is 0 Å². The zero-order valence-corrected chi connectivity index (χ0v) is 9.73. The molecule has 0 fully saturated rings. The summed E-state index contributed by atoms with van der Waals surface area (Å²) in [5.41, 5.74) is 0.276. The van der Waals surface area contributed by atoms with E-state index in [2.05, 4.69) is 0 Å². The van der Waals surface area contributed by atoms with E-state index in [9.17, 15) is 10.2 Å². The van der Waals surface area contributed by atoms with E-state index in [1.165, 1.54) is 7.11 Å². The molecule has 15 heavy (non-hydrogen) atoms. The Morgan fingerprint density at radius 1 is 1.13 bits per heavy atom. The Labute approximate surface area is 97.5 Å². The summed E-state index contributed by atoms with van der Waals surface area (Å²) in [6, 6.07) is 0. The van der Waals surface area contributed by atoms with Gasteiger partial charge >= 0.3 is 0 Å². The van der Waals surface area contributed by atoms with E-state index in [1.54, 1.807) is 19.1 Å². The molecule has 0 saturated carbocycles. The largest absolute Gasteiger partial charge is 0.505 e. The van der Waals surface area contributed by atoms with Gasteiger partial charge in [0.05, 0.1) is 12.1 Å². The highest BCUT2D eigenvalue weighted by molar-refractivity contribution is 6.39. The van der Waals surface area contributed by atoms with Gasteiger partial charge in [-0.15, -0.1) is 0 Å². The van der Waals surface area contributed by atoms with Crippen molar-refractivity contribution in [3.8, 4) is 17.2 Å². The summed E-state index contributed by atoms with van der Waals surface area (Å²) < 4.78 is 4.86. The summed E-state index contributed by atoms with van der Waals surface area (Å²) >= 11 is 11.5. The smallest absolute Gasteiger partial charge is 0.183 e. The Kier molecular flexibility index (Phi) is 3.72. The minimum atomic E-state index is -0.305. The summed E-state index contributed by atoms with van der Waals surface area (Å²) in [4.78, 5) is 0. The van der Waals surface area contributed by atoms with Gasteiger partial charge in [0, 0.05) is 5.56 Å². The van der Waals surface area contributed by atoms with Gasteiger partial charge in [-0.1, -0.05) is 35.4 Å². The number of allylic oxidation sites excluding steroid dienone is 1. The van der Waals surface area contributed by atoms with Gasteiger partial charge in [0.1, 0.15) is 5.02 Å². The average Bonchev–Trinajstić information content (AvgIpc) is 2.22. The number of ether oxygens (including phenoxy) is 1. The second-order valence-corrected chi connectivity index (χ2v) is 3.53. The average molecular weight is 249 g/mol. The normalized spacial score (nSPS) is 10.9. The van der Waals surface area contributed by atoms with Crippen molar-refractivity contribution in [3.05, 3.63) is 21.7 Å². The van der Waals surface area contributed by atoms with Crippen molar-refractivity contribution in [2.75, 3.05) is 7.11 Å². The monoisotopic (exact) mass is 248 g/mol. The Balaban J connectivity index is 3.60. The molecule has 0 spiro atoms. The summed E-state index contributed by atoms with van der Waals surface area (Å²) in [7, 11) is 1.34. The highest BCUT2D eigenvalue weighted by Crippen LogP contribution is 2.48. The second kappa shape index (κ2) is 4.64. The van der Waals surface area contributed by atoms with Gasteiger partial charge < -0.3 is 14.9 Å². The third-order valence-electron chi connectivity index (χ3n) is 1.86. The van der Waals surface area contributed by atoms with E-state index in [1.807, 2.05) is 0 Å². The zero-order valence-electron chi connectivity index (χ0n) is 8.21. The van der Waals surface area contributed by atoms with Gasteiger partial charge in [-0.05, 0) is 6.92 Å². The molecule has 0 aliphatic rings. The van der Waals surface area contributed by atoms with Crippen LogP contribution in [0.2, 0.25) is 10.0 Å². The van der Waals surface area contributed by atoms with E-state index in [0.717, 1.165) is 0 Å². The maximum Gasteiger partial charge on any atom is 0.183 e. The van der Waals surface area contributed by atoms with Crippen LogP contribution in [0.3, 0.4) is 0 Å². The van der Waals surface area contributed by atoms with Gasteiger partial charge in [0.25, 0.3) is 0 Å². The molecule has 0 saturated heterocycles. The topological polar surface area (TPSA) is 49.7 Å². The number of halogens is 2. The predicted octanol–water partition coefficient (Wildman–Crippen LogP) is 3.45. The highest BCUT2D eigenvalue weighted by atomic mass is 35.5. The van der Waals surface area contributed by atoms with Crippen molar-refractivity contribution in [1.82, 2.24) is 0 Å². The van der Waals surface area contributed by atoms with Crippen LogP contribution in [0.1, 0.15) is 12.5 Å². The van der Waals surface area contributed by atoms with E-state index >= 15 is 0 Å². The molecule has 0 aromatic heterocycles. The number of benzene rings is 1. The van der Waals surface area contributed by atoms with Gasteiger partial charge in [-0.3, -0.25) is 0 Å². The molecule has 0 amide bonds. The maximum atomic E-state index is 9.75. The molecular weight excluding hydrogens is 239 g/mol. The molecule has 0 atom stereocenters. The van der Waals surface area contributed by atoms with Crippen LogP contribution < -0.4 is 4.74 Å². The first-order valence-corrected chi connectivity index (χ1v) is 4.89. The highest BCUT2D eigenvalue weighted by Gasteiger charge is 2.20. The number of aromatic hydroxyl groups is 2. The van der Waals surface area contributed by atoms with Crippen LogP contribution in [-0.2, 0) is 0 Å². The summed E-state index contributed by atoms with van der Waals surface area (Å²) in [5.74, 6) is -0.490. The van der Waals surface area contributed by atoms with Gasteiger partial charge in [0.15, 0.2) is 17.2 Å². The number of methoxy groups -OCH3 is 1. The molecule has 0 bridgehead atoms. The van der Waals surface area contributed by atoms with Crippen LogP contribution in [0.25, 0.3) is 6.08 Å². The molecule has 1 rings (SSSR count). The molecule has 0 aliphatic carbocycles. The number of phenols is 2. The lowest BCUT2D eigenvalue weighted by Crippen LogP contribution is -1.89. The molecule has 5 heteroatoms. The van der Waals surface area contributed by atoms with Crippen molar-refractivity contribution in [3.63, 3.8) is 0 Å². The molecule has 0 radical (unpaired) electrons. The quantitative estimate of drug-likeness (QED) is 0.789. The molecule has 1 aromatic rings. The lowest BCUT2D eigenvalue weighted by Gasteiger charge is -2.12. The molecule has 82 valence electrons. The van der Waals surface area contributed by atoms with Crippen LogP contribution >= 0.6 is 23.2 Å². The molecule has 2 N–H and O–H groups in total. The van der Waals surface area contributed by atoms with Crippen LogP contribution in [0.4, 0.5) is 0 Å². The first-order valence-electron chi connectivity index (χ1n) is 4.14. The van der Waals surface area contributed by atoms with E-state index < -0.39 is 0 Å². The molecule has 1 aromatic carbocycles. The summed E-state index contributed by atoms with van der Waals surface area (Å²) in [6.45, 7) is 1.76. The Bertz CT molecular complexity index is 414. The van der Waals surface area contributed by atoms with Crippen LogP contribution in [0.15, 0.2) is 6.08 Å². The lowest BCUT2D eigenvalue weighted by atomic mass is 10.1. The van der Waals surface area contributed by atoms with Gasteiger partial charge in [0.2, 0.25) is 0 Å². The minimum absolute atomic E-state index is 0.00333. The molecular formula is C10H10Cl2O3. The third-order valence-corrected chi connectivity index (χ3v) is 2.59. The van der Waals surface area contributed by atoms with Crippen molar-refractivity contribution >= 4 is 29.3 Å². The minimum Gasteiger partial charge on any atom is -0.505 e. The fraction of sp³-hybridized carbons (Fsp3) is 0.200. The second-order valence-electron chi connectivity index (χ2n) is 2.77. The van der Waals surface area contributed by atoms with Crippen molar-refractivity contribution in [1.29, 1.82) is 0 Å². The van der Waals surface area contributed by atoms with Crippen molar-refractivity contribution in [2.45, 2.75) is 6.92 Å². The number of hydrogen-bond acceptors (Lipinski definition) is 3. The first kappa shape index (κ1) is 12.0. The van der Waals surface area contributed by atoms with Crippen molar-refractivity contribution < 1.29 is 14.9 Å². The molecule has 0 heterocycles. The Hall–Kier alpha value is -1.06. The van der Waals surface area contributed by atoms with Crippen LogP contribution in [0, 0.1) is 0 Å². The van der Waals surface area contributed by atoms with E-state index in [4.69, 9.17) is 27.9 Å². The fourth-order valence-corrected chi connectivity index (χ4v) is 1.72. The maximum absolute atomic E-state index is 9.75. The standard InChI is InChI=1S/C10H10Cl2O3/c1-3-4-5-6(11)9(14)7(12)10(15-2)8(5)13/h3-4,13-14H,1-2H3. The third kappa shape index (κ3) is 1.98. The Morgan fingerprint density at radius 2 is 1.73 bits per heavy atom. The number of phenolic OH excluding ortho intramolecular Hbond substituents is 2. The summed E-state index contributed by atoms with van der Waals surface area (Å²) in [5, 5.41) is 19.2. The fourth-order valence-electron chi connectivity index (χ4n) is 1.17. The Morgan fingerprint density at radius 3 is 2.20 bits per heavy atom. The molecule has 3 nitrogen and oxygen atoms in total. The predicted molar refractivity (Wildman–Crippen MR) is 61.1 cm³/mol.